The molecule has 5 heteroatoms. The Kier molecular flexibility index (Phi) is 4.56. The third-order valence-corrected chi connectivity index (χ3v) is 10.8. The quantitative estimate of drug-likeness (QED) is 0.559. The minimum Gasteiger partial charge on any atom is -0.393 e. The molecule has 2 saturated heterocycles. The molecule has 0 bridgehead atoms. The highest BCUT2D eigenvalue weighted by molar-refractivity contribution is 5.95. The first-order chi connectivity index (χ1) is 15.1. The van der Waals surface area contributed by atoms with Crippen LogP contribution in [0.4, 0.5) is 0 Å². The van der Waals surface area contributed by atoms with Crippen molar-refractivity contribution in [2.45, 2.75) is 90.3 Å². The number of carbonyl (C=O) groups excluding carboxylic acids is 1. The molecule has 6 rings (SSSR count). The molecule has 0 radical (unpaired) electrons. The second-order valence-corrected chi connectivity index (χ2v) is 12.3. The van der Waals surface area contributed by atoms with Gasteiger partial charge >= 0.3 is 0 Å². The third kappa shape index (κ3) is 2.57. The molecule has 6 aliphatic rings. The standard InChI is InChI=1S/C27H38O5/c1-14-7-8-27(31-13-14)15(2)24-22(32-27)10-19-17-6-5-16-9-20(28)21(29)12-25(16,3)18(17)11-23(30)26(19,24)4/h6,9,14-15,18-19,21-24,29-30H,5,7-8,10-13H2,1-4H3. The van der Waals surface area contributed by atoms with Gasteiger partial charge in [-0.1, -0.05) is 44.9 Å². The molecule has 0 amide bonds. The fourth-order valence-electron chi connectivity index (χ4n) is 8.89. The Balaban J connectivity index is 1.35. The molecule has 0 aromatic heterocycles. The number of aliphatic hydroxyl groups is 2. The number of rotatable bonds is 0. The molecule has 4 aliphatic carbocycles. The van der Waals surface area contributed by atoms with Crippen molar-refractivity contribution in [3.63, 3.8) is 0 Å². The predicted molar refractivity (Wildman–Crippen MR) is 119 cm³/mol. The number of hydrogen-bond donors (Lipinski definition) is 2. The van der Waals surface area contributed by atoms with Gasteiger partial charge in [-0.3, -0.25) is 4.79 Å². The van der Waals surface area contributed by atoms with Gasteiger partial charge in [-0.2, -0.15) is 0 Å². The van der Waals surface area contributed by atoms with Gasteiger partial charge in [0.2, 0.25) is 0 Å². The lowest BCUT2D eigenvalue weighted by atomic mass is 9.48. The number of ether oxygens (including phenoxy) is 2. The smallest absolute Gasteiger partial charge is 0.184 e. The number of aliphatic hydroxyl groups excluding tert-OH is 2. The molecule has 2 N–H and O–H groups in total. The Labute approximate surface area is 191 Å². The van der Waals surface area contributed by atoms with Gasteiger partial charge in [-0.05, 0) is 61.3 Å². The van der Waals surface area contributed by atoms with E-state index in [9.17, 15) is 15.0 Å². The van der Waals surface area contributed by atoms with E-state index in [4.69, 9.17) is 9.47 Å². The zero-order valence-electron chi connectivity index (χ0n) is 19.8. The summed E-state index contributed by atoms with van der Waals surface area (Å²) >= 11 is 0. The van der Waals surface area contributed by atoms with Crippen LogP contribution >= 0.6 is 0 Å². The molecule has 2 saturated carbocycles. The molecule has 0 aromatic carbocycles. The first-order valence-corrected chi connectivity index (χ1v) is 12.7. The van der Waals surface area contributed by atoms with E-state index >= 15 is 0 Å². The van der Waals surface area contributed by atoms with Crippen LogP contribution in [0.15, 0.2) is 23.3 Å². The number of ketones is 1. The summed E-state index contributed by atoms with van der Waals surface area (Å²) in [5.41, 5.74) is 2.08. The van der Waals surface area contributed by atoms with Crippen molar-refractivity contribution in [1.82, 2.24) is 0 Å². The first kappa shape index (κ1) is 21.5. The summed E-state index contributed by atoms with van der Waals surface area (Å²) in [5.74, 6) is 0.916. The topological polar surface area (TPSA) is 76.0 Å². The van der Waals surface area contributed by atoms with Gasteiger partial charge < -0.3 is 19.7 Å². The maximum Gasteiger partial charge on any atom is 0.184 e. The van der Waals surface area contributed by atoms with Crippen LogP contribution in [0.3, 0.4) is 0 Å². The van der Waals surface area contributed by atoms with Crippen molar-refractivity contribution in [3.05, 3.63) is 23.3 Å². The van der Waals surface area contributed by atoms with Crippen LogP contribution in [0, 0.1) is 40.4 Å². The highest BCUT2D eigenvalue weighted by Gasteiger charge is 2.70. The third-order valence-electron chi connectivity index (χ3n) is 10.8. The van der Waals surface area contributed by atoms with Crippen LogP contribution in [0.25, 0.3) is 0 Å². The first-order valence-electron chi connectivity index (χ1n) is 12.7. The normalized spacial score (nSPS) is 56.8. The maximum atomic E-state index is 12.2. The number of hydrogen-bond acceptors (Lipinski definition) is 5. The second kappa shape index (κ2) is 6.78. The molecule has 5 nitrogen and oxygen atoms in total. The summed E-state index contributed by atoms with van der Waals surface area (Å²) < 4.78 is 13.1. The minimum atomic E-state index is -0.925. The van der Waals surface area contributed by atoms with Crippen LogP contribution < -0.4 is 0 Å². The molecule has 2 heterocycles. The predicted octanol–water partition coefficient (Wildman–Crippen LogP) is 3.78. The Morgan fingerprint density at radius 1 is 1.12 bits per heavy atom. The van der Waals surface area contributed by atoms with Crippen LogP contribution in [-0.2, 0) is 14.3 Å². The van der Waals surface area contributed by atoms with Gasteiger partial charge in [0.05, 0.1) is 18.8 Å². The van der Waals surface area contributed by atoms with Crippen LogP contribution in [0.2, 0.25) is 0 Å². The average molecular weight is 443 g/mol. The minimum absolute atomic E-state index is 0.117. The second-order valence-electron chi connectivity index (χ2n) is 12.3. The van der Waals surface area contributed by atoms with E-state index in [0.717, 1.165) is 37.9 Å². The van der Waals surface area contributed by atoms with Crippen molar-refractivity contribution >= 4 is 5.78 Å². The highest BCUT2D eigenvalue weighted by atomic mass is 16.7. The summed E-state index contributed by atoms with van der Waals surface area (Å²) in [6.45, 7) is 9.77. The Hall–Kier alpha value is -1.01. The lowest BCUT2D eigenvalue weighted by molar-refractivity contribution is -0.272. The van der Waals surface area contributed by atoms with Crippen LogP contribution in [0.1, 0.15) is 66.2 Å². The van der Waals surface area contributed by atoms with Crippen LogP contribution in [0.5, 0.6) is 0 Å². The van der Waals surface area contributed by atoms with Gasteiger partial charge in [0.25, 0.3) is 0 Å². The summed E-state index contributed by atoms with van der Waals surface area (Å²) in [6, 6.07) is 0. The summed E-state index contributed by atoms with van der Waals surface area (Å²) in [5, 5.41) is 22.1. The summed E-state index contributed by atoms with van der Waals surface area (Å²) in [7, 11) is 0. The van der Waals surface area contributed by atoms with Crippen molar-refractivity contribution in [2.24, 2.45) is 40.4 Å². The molecule has 1 spiro atoms. The van der Waals surface area contributed by atoms with Gasteiger partial charge in [-0.25, -0.2) is 0 Å². The molecule has 11 atom stereocenters. The largest absolute Gasteiger partial charge is 0.393 e. The lowest BCUT2D eigenvalue weighted by Crippen LogP contribution is -2.55. The fourth-order valence-corrected chi connectivity index (χ4v) is 8.89. The molecule has 2 aliphatic heterocycles. The van der Waals surface area contributed by atoms with Crippen molar-refractivity contribution in [3.8, 4) is 0 Å². The van der Waals surface area contributed by atoms with Gasteiger partial charge in [0, 0.05) is 23.7 Å². The van der Waals surface area contributed by atoms with Crippen LogP contribution in [-0.4, -0.2) is 46.7 Å². The van der Waals surface area contributed by atoms with E-state index in [-0.39, 0.29) is 46.4 Å². The molecule has 32 heavy (non-hydrogen) atoms. The zero-order chi connectivity index (χ0) is 22.6. The molecule has 176 valence electrons. The molecule has 4 fully saturated rings. The van der Waals surface area contributed by atoms with Crippen molar-refractivity contribution in [2.75, 3.05) is 6.61 Å². The van der Waals surface area contributed by atoms with Gasteiger partial charge in [0.15, 0.2) is 11.6 Å². The van der Waals surface area contributed by atoms with Crippen molar-refractivity contribution < 1.29 is 24.5 Å². The van der Waals surface area contributed by atoms with E-state index in [0.29, 0.717) is 18.8 Å². The molecule has 11 unspecified atom stereocenters. The van der Waals surface area contributed by atoms with E-state index < -0.39 is 18.0 Å². The highest BCUT2D eigenvalue weighted by Crippen LogP contribution is 2.69. The van der Waals surface area contributed by atoms with Crippen molar-refractivity contribution in [1.29, 1.82) is 0 Å². The fraction of sp³-hybridized carbons (Fsp3) is 0.815. The Morgan fingerprint density at radius 2 is 1.91 bits per heavy atom. The van der Waals surface area contributed by atoms with E-state index in [1.54, 1.807) is 6.08 Å². The molecule has 0 aromatic rings. The number of carbonyl (C=O) groups is 1. The average Bonchev–Trinajstić information content (AvgIpc) is 3.19. The number of allylic oxidation sites excluding steroid dienone is 3. The summed E-state index contributed by atoms with van der Waals surface area (Å²) in [6.07, 6.45) is 7.73. The van der Waals surface area contributed by atoms with Gasteiger partial charge in [0.1, 0.15) is 6.10 Å². The van der Waals surface area contributed by atoms with E-state index in [1.807, 2.05) is 0 Å². The molecular formula is C27H38O5. The van der Waals surface area contributed by atoms with E-state index in [1.165, 1.54) is 5.57 Å². The SMILES string of the molecule is CC1CCC2(OC1)OC1CC3C4=CCC5=CC(=O)C(O)CC5(C)C4CC(O)C3(C)C1C2C. The Morgan fingerprint density at radius 3 is 2.62 bits per heavy atom. The Bertz CT molecular complexity index is 898. The zero-order valence-corrected chi connectivity index (χ0v) is 19.8. The lowest BCUT2D eigenvalue weighted by Gasteiger charge is -2.57. The summed E-state index contributed by atoms with van der Waals surface area (Å²) in [4.78, 5) is 12.2. The maximum absolute atomic E-state index is 12.2. The monoisotopic (exact) mass is 442 g/mol. The molecular weight excluding hydrogens is 404 g/mol. The van der Waals surface area contributed by atoms with E-state index in [2.05, 4.69) is 33.8 Å². The number of fused-ring (bicyclic) bond motifs is 7. The van der Waals surface area contributed by atoms with Gasteiger partial charge in [-0.15, -0.1) is 0 Å².